The number of carboxylic acids is 3. The van der Waals surface area contributed by atoms with E-state index in [9.17, 15) is 24.3 Å². The molecule has 0 amide bonds. The van der Waals surface area contributed by atoms with E-state index in [0.717, 1.165) is 25.2 Å². The predicted molar refractivity (Wildman–Crippen MR) is 150 cm³/mol. The highest BCUT2D eigenvalue weighted by atomic mass is 16.5. The molecule has 0 aliphatic carbocycles. The Balaban J connectivity index is 2.03. The third-order valence-corrected chi connectivity index (χ3v) is 7.70. The fourth-order valence-corrected chi connectivity index (χ4v) is 6.28. The van der Waals surface area contributed by atoms with Gasteiger partial charge < -0.3 is 25.4 Å². The maximum absolute atomic E-state index is 12.0. The van der Waals surface area contributed by atoms with E-state index in [0.29, 0.717) is 6.42 Å². The first-order chi connectivity index (χ1) is 18.2. The second kappa shape index (κ2) is 17.5. The number of rotatable bonds is 21. The Bertz CT molecular complexity index is 763. The molecule has 0 aromatic rings. The maximum Gasteiger partial charge on any atom is 0.307 e. The molecule has 0 aromatic heterocycles. The third kappa shape index (κ3) is 15.9. The van der Waals surface area contributed by atoms with Gasteiger partial charge in [-0.05, 0) is 52.9 Å². The van der Waals surface area contributed by atoms with Crippen LogP contribution in [0, 0.1) is 17.8 Å². The van der Waals surface area contributed by atoms with Gasteiger partial charge in [0.15, 0.2) is 0 Å². The van der Waals surface area contributed by atoms with Crippen molar-refractivity contribution in [3.63, 3.8) is 0 Å². The summed E-state index contributed by atoms with van der Waals surface area (Å²) in [6.45, 7) is 9.43. The summed E-state index contributed by atoms with van der Waals surface area (Å²) in [5.74, 6) is -7.83. The topological polar surface area (TPSA) is 150 Å². The second-order valence-electron chi connectivity index (χ2n) is 12.8. The van der Waals surface area contributed by atoms with Gasteiger partial charge in [0, 0.05) is 11.1 Å². The lowest BCUT2D eigenvalue weighted by Crippen LogP contribution is -2.57. The van der Waals surface area contributed by atoms with E-state index in [1.54, 1.807) is 0 Å². The average molecular weight is 556 g/mol. The zero-order valence-corrected chi connectivity index (χ0v) is 24.6. The van der Waals surface area contributed by atoms with Crippen LogP contribution in [0.15, 0.2) is 0 Å². The minimum Gasteiger partial charge on any atom is -0.481 e. The second-order valence-corrected chi connectivity index (χ2v) is 12.8. The summed E-state index contributed by atoms with van der Waals surface area (Å²) in [7, 11) is 0. The van der Waals surface area contributed by atoms with Gasteiger partial charge in [-0.1, -0.05) is 70.6 Å². The molecule has 0 aromatic carbocycles. The van der Waals surface area contributed by atoms with Crippen molar-refractivity contribution in [1.82, 2.24) is 5.32 Å². The zero-order valence-electron chi connectivity index (χ0n) is 24.6. The molecule has 1 rings (SSSR count). The van der Waals surface area contributed by atoms with Gasteiger partial charge in [-0.2, -0.15) is 0 Å². The number of nitrogens with one attached hydrogen (secondary N) is 1. The molecule has 4 N–H and O–H groups in total. The van der Waals surface area contributed by atoms with E-state index in [2.05, 4.69) is 33.0 Å². The van der Waals surface area contributed by atoms with Gasteiger partial charge in [0.25, 0.3) is 0 Å². The molecule has 0 spiro atoms. The quantitative estimate of drug-likeness (QED) is 0.0982. The Morgan fingerprint density at radius 3 is 1.54 bits per heavy atom. The summed E-state index contributed by atoms with van der Waals surface area (Å²) >= 11 is 0. The molecule has 0 bridgehead atoms. The molecule has 1 fully saturated rings. The molecular weight excluding hydrogens is 502 g/mol. The summed E-state index contributed by atoms with van der Waals surface area (Å²) in [5, 5.41) is 31.0. The van der Waals surface area contributed by atoms with Gasteiger partial charge in [-0.15, -0.1) is 0 Å². The summed E-state index contributed by atoms with van der Waals surface area (Å²) in [6, 6.07) is 0. The van der Waals surface area contributed by atoms with Gasteiger partial charge in [0.1, 0.15) is 0 Å². The van der Waals surface area contributed by atoms with Crippen molar-refractivity contribution in [2.24, 2.45) is 17.8 Å². The van der Waals surface area contributed by atoms with Crippen LogP contribution in [-0.2, 0) is 23.9 Å². The number of piperidine rings is 1. The number of ether oxygens (including phenoxy) is 1. The van der Waals surface area contributed by atoms with Gasteiger partial charge in [0.05, 0.1) is 31.3 Å². The lowest BCUT2D eigenvalue weighted by Gasteiger charge is -2.46. The number of carboxylic acid groups (broad SMARTS) is 3. The minimum atomic E-state index is -1.69. The molecule has 9 nitrogen and oxygen atoms in total. The molecule has 39 heavy (non-hydrogen) atoms. The van der Waals surface area contributed by atoms with E-state index < -0.39 is 48.6 Å². The Morgan fingerprint density at radius 1 is 0.692 bits per heavy atom. The Labute approximate surface area is 234 Å². The van der Waals surface area contributed by atoms with Crippen molar-refractivity contribution >= 4 is 23.9 Å². The van der Waals surface area contributed by atoms with Crippen molar-refractivity contribution < 1.29 is 39.2 Å². The lowest BCUT2D eigenvalue weighted by molar-refractivity contribution is -0.161. The summed E-state index contributed by atoms with van der Waals surface area (Å²) in [4.78, 5) is 45.5. The molecule has 9 heteroatoms. The van der Waals surface area contributed by atoms with E-state index in [4.69, 9.17) is 14.9 Å². The minimum absolute atomic E-state index is 0.147. The zero-order chi connectivity index (χ0) is 29.5. The van der Waals surface area contributed by atoms with Crippen molar-refractivity contribution in [3.05, 3.63) is 0 Å². The van der Waals surface area contributed by atoms with Gasteiger partial charge in [-0.3, -0.25) is 19.2 Å². The molecule has 0 radical (unpaired) electrons. The van der Waals surface area contributed by atoms with Crippen LogP contribution in [0.4, 0.5) is 0 Å². The normalized spacial score (nSPS) is 18.3. The first-order valence-electron chi connectivity index (χ1n) is 14.8. The van der Waals surface area contributed by atoms with E-state index >= 15 is 0 Å². The SMILES string of the molecule is CC1(C)CC(CCCCCCCCCCCCCOC(=O)CC(C(=O)O)C(CC(=O)O)C(=O)O)CC(C)(C)N1. The number of aliphatic carboxylic acids is 3. The molecule has 1 saturated heterocycles. The fraction of sp³-hybridized carbons (Fsp3) is 0.867. The summed E-state index contributed by atoms with van der Waals surface area (Å²) < 4.78 is 5.06. The number of hydrogen-bond donors (Lipinski definition) is 4. The standard InChI is InChI=1S/C30H53NO8/c1-29(2)20-22(21-30(3,4)31-29)16-14-12-10-8-6-5-7-9-11-13-15-17-39-26(34)19-24(28(37)38)23(27(35)36)18-25(32)33/h22-24,31H,5-21H2,1-4H3,(H,32,33)(H,35,36)(H,37,38). The first kappa shape index (κ1) is 34.9. The van der Waals surface area contributed by atoms with Crippen molar-refractivity contribution in [3.8, 4) is 0 Å². The van der Waals surface area contributed by atoms with Crippen LogP contribution in [0.25, 0.3) is 0 Å². The molecule has 2 unspecified atom stereocenters. The smallest absolute Gasteiger partial charge is 0.307 e. The highest BCUT2D eigenvalue weighted by molar-refractivity contribution is 5.86. The largest absolute Gasteiger partial charge is 0.481 e. The summed E-state index contributed by atoms with van der Waals surface area (Å²) in [5.41, 5.74) is 0.473. The molecule has 2 atom stereocenters. The van der Waals surface area contributed by atoms with E-state index in [-0.39, 0.29) is 17.7 Å². The van der Waals surface area contributed by atoms with Gasteiger partial charge in [0.2, 0.25) is 0 Å². The molecule has 1 heterocycles. The highest BCUT2D eigenvalue weighted by Gasteiger charge is 2.38. The van der Waals surface area contributed by atoms with E-state index in [1.807, 2.05) is 0 Å². The average Bonchev–Trinajstić information content (AvgIpc) is 2.79. The van der Waals surface area contributed by atoms with Crippen molar-refractivity contribution in [2.45, 2.75) is 142 Å². The fourth-order valence-electron chi connectivity index (χ4n) is 6.28. The number of carbonyl (C=O) groups is 4. The highest BCUT2D eigenvalue weighted by Crippen LogP contribution is 2.35. The third-order valence-electron chi connectivity index (χ3n) is 7.70. The Kier molecular flexibility index (Phi) is 15.7. The van der Waals surface area contributed by atoms with Crippen molar-refractivity contribution in [1.29, 1.82) is 0 Å². The van der Waals surface area contributed by atoms with Crippen LogP contribution in [0.1, 0.15) is 130 Å². The van der Waals surface area contributed by atoms with Gasteiger partial charge in [-0.25, -0.2) is 0 Å². The van der Waals surface area contributed by atoms with Crippen LogP contribution in [0.5, 0.6) is 0 Å². The molecule has 0 saturated carbocycles. The van der Waals surface area contributed by atoms with E-state index in [1.165, 1.54) is 64.2 Å². The van der Waals surface area contributed by atoms with Crippen molar-refractivity contribution in [2.75, 3.05) is 6.61 Å². The first-order valence-corrected chi connectivity index (χ1v) is 14.8. The molecule has 1 aliphatic rings. The monoisotopic (exact) mass is 555 g/mol. The Hall–Kier alpha value is -2.16. The van der Waals surface area contributed by atoms with Crippen LogP contribution < -0.4 is 5.32 Å². The molecule has 226 valence electrons. The van der Waals surface area contributed by atoms with Crippen LogP contribution in [-0.4, -0.2) is 56.9 Å². The van der Waals surface area contributed by atoms with Crippen LogP contribution >= 0.6 is 0 Å². The van der Waals surface area contributed by atoms with Gasteiger partial charge >= 0.3 is 23.9 Å². The number of carbonyl (C=O) groups excluding carboxylic acids is 1. The number of hydrogen-bond acceptors (Lipinski definition) is 6. The number of unbranched alkanes of at least 4 members (excludes halogenated alkanes) is 10. The summed E-state index contributed by atoms with van der Waals surface area (Å²) in [6.07, 6.45) is 15.1. The molecular formula is C30H53NO8. The maximum atomic E-state index is 12.0. The lowest BCUT2D eigenvalue weighted by atomic mass is 9.74. The number of esters is 1. The van der Waals surface area contributed by atoms with Crippen LogP contribution in [0.3, 0.4) is 0 Å². The predicted octanol–water partition coefficient (Wildman–Crippen LogP) is 6.03. The van der Waals surface area contributed by atoms with Crippen LogP contribution in [0.2, 0.25) is 0 Å². The molecule has 1 aliphatic heterocycles. The Morgan fingerprint density at radius 2 is 1.10 bits per heavy atom.